The maximum atomic E-state index is 5.89. The molecule has 102 valence electrons. The van der Waals surface area contributed by atoms with Crippen molar-refractivity contribution >= 4 is 5.88 Å². The summed E-state index contributed by atoms with van der Waals surface area (Å²) < 4.78 is 12.0. The van der Waals surface area contributed by atoms with E-state index in [4.69, 9.17) is 15.0 Å². The average Bonchev–Trinajstić information content (AvgIpc) is 3.05. The Hall–Kier alpha value is -2.76. The van der Waals surface area contributed by atoms with Gasteiger partial charge < -0.3 is 15.0 Å². The first-order chi connectivity index (χ1) is 9.69. The largest absolute Gasteiger partial charge is 0.497 e. The van der Waals surface area contributed by atoms with Crippen molar-refractivity contribution in [1.82, 2.24) is 14.9 Å². The van der Waals surface area contributed by atoms with E-state index in [9.17, 15) is 0 Å². The van der Waals surface area contributed by atoms with Gasteiger partial charge in [0.25, 0.3) is 0 Å². The van der Waals surface area contributed by atoms with Crippen LogP contribution in [0.3, 0.4) is 0 Å². The molecule has 0 radical (unpaired) electrons. The number of nitrogen functional groups attached to an aromatic ring is 1. The van der Waals surface area contributed by atoms with Gasteiger partial charge in [-0.05, 0) is 23.8 Å². The summed E-state index contributed by atoms with van der Waals surface area (Å²) >= 11 is 0. The lowest BCUT2D eigenvalue weighted by Gasteiger charge is -2.03. The third-order valence-corrected chi connectivity index (χ3v) is 3.05. The van der Waals surface area contributed by atoms with E-state index in [1.807, 2.05) is 43.6 Å². The minimum atomic E-state index is 0.274. The first kappa shape index (κ1) is 12.3. The summed E-state index contributed by atoms with van der Waals surface area (Å²) in [6.07, 6.45) is 1.85. The van der Waals surface area contributed by atoms with Crippen molar-refractivity contribution < 1.29 is 9.26 Å². The number of benzene rings is 1. The lowest BCUT2D eigenvalue weighted by atomic mass is 10.0. The monoisotopic (exact) mass is 270 g/mol. The lowest BCUT2D eigenvalue weighted by Crippen LogP contribution is -1.91. The molecule has 3 aromatic rings. The number of anilines is 1. The molecule has 0 saturated carbocycles. The van der Waals surface area contributed by atoms with Crippen LogP contribution in [0.15, 0.2) is 41.1 Å². The van der Waals surface area contributed by atoms with Gasteiger partial charge in [-0.1, -0.05) is 17.3 Å². The Bertz CT molecular complexity index is 728. The number of ether oxygens (including phenoxy) is 1. The lowest BCUT2D eigenvalue weighted by molar-refractivity contribution is 0.415. The molecular formula is C14H14N4O2. The molecule has 6 nitrogen and oxygen atoms in total. The highest BCUT2D eigenvalue weighted by Gasteiger charge is 2.19. The van der Waals surface area contributed by atoms with Crippen molar-refractivity contribution in [2.75, 3.05) is 12.8 Å². The summed E-state index contributed by atoms with van der Waals surface area (Å²) in [5.41, 5.74) is 8.90. The van der Waals surface area contributed by atoms with Crippen LogP contribution in [0.4, 0.5) is 5.88 Å². The molecule has 0 aliphatic carbocycles. The van der Waals surface area contributed by atoms with Gasteiger partial charge in [0.2, 0.25) is 5.88 Å². The highest BCUT2D eigenvalue weighted by molar-refractivity contribution is 5.85. The fraction of sp³-hybridized carbons (Fsp3) is 0.143. The van der Waals surface area contributed by atoms with Crippen LogP contribution in [0.25, 0.3) is 22.5 Å². The van der Waals surface area contributed by atoms with E-state index in [-0.39, 0.29) is 5.88 Å². The Morgan fingerprint density at radius 1 is 1.20 bits per heavy atom. The summed E-state index contributed by atoms with van der Waals surface area (Å²) in [4.78, 5) is 0. The van der Waals surface area contributed by atoms with Crippen LogP contribution in [0.2, 0.25) is 0 Å². The van der Waals surface area contributed by atoms with Crippen LogP contribution in [-0.4, -0.2) is 22.0 Å². The third kappa shape index (κ3) is 2.01. The molecule has 0 spiro atoms. The van der Waals surface area contributed by atoms with Gasteiger partial charge >= 0.3 is 0 Å². The molecule has 2 N–H and O–H groups in total. The smallest absolute Gasteiger partial charge is 0.230 e. The van der Waals surface area contributed by atoms with Gasteiger partial charge in [-0.3, -0.25) is 4.68 Å². The zero-order chi connectivity index (χ0) is 14.1. The molecule has 0 atom stereocenters. The Kier molecular flexibility index (Phi) is 2.90. The van der Waals surface area contributed by atoms with Crippen molar-refractivity contribution in [3.8, 4) is 28.3 Å². The quantitative estimate of drug-likeness (QED) is 0.790. The van der Waals surface area contributed by atoms with Crippen LogP contribution in [0.1, 0.15) is 0 Å². The molecule has 3 rings (SSSR count). The second kappa shape index (κ2) is 4.73. The molecule has 6 heteroatoms. The SMILES string of the molecule is COc1ccc(-c2c(-c3ccn(C)n3)noc2N)cc1. The molecule has 2 aromatic heterocycles. The van der Waals surface area contributed by atoms with Gasteiger partial charge in [0.1, 0.15) is 17.1 Å². The van der Waals surface area contributed by atoms with Crippen LogP contribution >= 0.6 is 0 Å². The van der Waals surface area contributed by atoms with E-state index in [0.29, 0.717) is 5.69 Å². The number of hydrogen-bond donors (Lipinski definition) is 1. The molecular weight excluding hydrogens is 256 g/mol. The fourth-order valence-electron chi connectivity index (χ4n) is 2.06. The van der Waals surface area contributed by atoms with Crippen molar-refractivity contribution in [2.45, 2.75) is 0 Å². The molecule has 2 heterocycles. The molecule has 0 fully saturated rings. The number of rotatable bonds is 3. The van der Waals surface area contributed by atoms with E-state index in [1.54, 1.807) is 11.8 Å². The average molecular weight is 270 g/mol. The van der Waals surface area contributed by atoms with E-state index in [1.165, 1.54) is 0 Å². The van der Waals surface area contributed by atoms with Crippen molar-refractivity contribution in [1.29, 1.82) is 0 Å². The summed E-state index contributed by atoms with van der Waals surface area (Å²) in [5, 5.41) is 8.34. The van der Waals surface area contributed by atoms with Gasteiger partial charge in [-0.25, -0.2) is 0 Å². The topological polar surface area (TPSA) is 79.1 Å². The number of nitrogens with two attached hydrogens (primary N) is 1. The van der Waals surface area contributed by atoms with Gasteiger partial charge in [-0.15, -0.1) is 0 Å². The maximum Gasteiger partial charge on any atom is 0.230 e. The minimum Gasteiger partial charge on any atom is -0.497 e. The zero-order valence-electron chi connectivity index (χ0n) is 11.2. The number of methoxy groups -OCH3 is 1. The van der Waals surface area contributed by atoms with E-state index in [0.717, 1.165) is 22.6 Å². The second-order valence-electron chi connectivity index (χ2n) is 4.37. The van der Waals surface area contributed by atoms with Crippen LogP contribution in [0, 0.1) is 0 Å². The van der Waals surface area contributed by atoms with Gasteiger partial charge in [0, 0.05) is 13.2 Å². The minimum absolute atomic E-state index is 0.274. The Balaban J connectivity index is 2.10. The number of aryl methyl sites for hydroxylation is 1. The summed E-state index contributed by atoms with van der Waals surface area (Å²) in [7, 11) is 3.47. The van der Waals surface area contributed by atoms with E-state index < -0.39 is 0 Å². The normalized spacial score (nSPS) is 10.7. The highest BCUT2D eigenvalue weighted by atomic mass is 16.5. The zero-order valence-corrected chi connectivity index (χ0v) is 11.2. The first-order valence-corrected chi connectivity index (χ1v) is 6.08. The maximum absolute atomic E-state index is 5.89. The molecule has 0 bridgehead atoms. The molecule has 1 aromatic carbocycles. The van der Waals surface area contributed by atoms with Gasteiger partial charge in [-0.2, -0.15) is 5.10 Å². The summed E-state index contributed by atoms with van der Waals surface area (Å²) in [6, 6.07) is 9.42. The van der Waals surface area contributed by atoms with Crippen molar-refractivity contribution in [2.24, 2.45) is 7.05 Å². The Labute approximate surface area is 115 Å². The number of aromatic nitrogens is 3. The van der Waals surface area contributed by atoms with Gasteiger partial charge in [0.05, 0.1) is 12.7 Å². The highest BCUT2D eigenvalue weighted by Crippen LogP contribution is 2.35. The number of nitrogens with zero attached hydrogens (tertiary/aromatic N) is 3. The first-order valence-electron chi connectivity index (χ1n) is 6.08. The van der Waals surface area contributed by atoms with Crippen molar-refractivity contribution in [3.63, 3.8) is 0 Å². The van der Waals surface area contributed by atoms with E-state index in [2.05, 4.69) is 10.3 Å². The van der Waals surface area contributed by atoms with Crippen LogP contribution in [0.5, 0.6) is 5.75 Å². The second-order valence-corrected chi connectivity index (χ2v) is 4.37. The fourth-order valence-corrected chi connectivity index (χ4v) is 2.06. The Morgan fingerprint density at radius 3 is 2.55 bits per heavy atom. The molecule has 0 unspecified atom stereocenters. The summed E-state index contributed by atoms with van der Waals surface area (Å²) in [6.45, 7) is 0. The van der Waals surface area contributed by atoms with Crippen LogP contribution < -0.4 is 10.5 Å². The van der Waals surface area contributed by atoms with Crippen LogP contribution in [-0.2, 0) is 7.05 Å². The summed E-state index contributed by atoms with van der Waals surface area (Å²) in [5.74, 6) is 1.05. The molecule has 0 aliphatic rings. The molecule has 0 saturated heterocycles. The van der Waals surface area contributed by atoms with E-state index >= 15 is 0 Å². The molecule has 0 amide bonds. The standard InChI is InChI=1S/C14H14N4O2/c1-18-8-7-11(16-18)13-12(14(15)20-17-13)9-3-5-10(19-2)6-4-9/h3-8H,15H2,1-2H3. The predicted octanol–water partition coefficient (Wildman–Crippen LogP) is 2.33. The third-order valence-electron chi connectivity index (χ3n) is 3.05. The molecule has 20 heavy (non-hydrogen) atoms. The predicted molar refractivity (Wildman–Crippen MR) is 75.1 cm³/mol. The molecule has 0 aliphatic heterocycles. The Morgan fingerprint density at radius 2 is 1.95 bits per heavy atom. The van der Waals surface area contributed by atoms with Gasteiger partial charge in [0.15, 0.2) is 0 Å². The number of hydrogen-bond acceptors (Lipinski definition) is 5. The van der Waals surface area contributed by atoms with Crippen molar-refractivity contribution in [3.05, 3.63) is 36.5 Å².